The van der Waals surface area contributed by atoms with Gasteiger partial charge in [0.15, 0.2) is 0 Å². The Morgan fingerprint density at radius 2 is 1.27 bits per heavy atom. The van der Waals surface area contributed by atoms with Crippen LogP contribution in [0.2, 0.25) is 0 Å². The zero-order chi connectivity index (χ0) is 20.6. The maximum atomic E-state index is 9.95. The van der Waals surface area contributed by atoms with Crippen molar-refractivity contribution < 1.29 is 0 Å². The van der Waals surface area contributed by atoms with Gasteiger partial charge in [-0.2, -0.15) is 5.26 Å². The van der Waals surface area contributed by atoms with Gasteiger partial charge in [0, 0.05) is 27.5 Å². The van der Waals surface area contributed by atoms with Crippen molar-refractivity contribution in [3.8, 4) is 28.5 Å². The van der Waals surface area contributed by atoms with E-state index < -0.39 is 0 Å². The predicted octanol–water partition coefficient (Wildman–Crippen LogP) is 7.17. The highest BCUT2D eigenvalue weighted by Crippen LogP contribution is 2.34. The highest BCUT2D eigenvalue weighted by Gasteiger charge is 2.15. The second-order valence-electron chi connectivity index (χ2n) is 6.59. The van der Waals surface area contributed by atoms with Gasteiger partial charge >= 0.3 is 0 Å². The number of aromatic nitrogens is 1. The Kier molecular flexibility index (Phi) is 6.87. The molecule has 0 bridgehead atoms. The SMILES string of the molecule is N#Cc1c(-c2ccccc2)cc(-c2ccccc2)nc1SCCSc1ccccc1. The Bertz CT molecular complexity index is 1140. The zero-order valence-corrected chi connectivity index (χ0v) is 18.0. The summed E-state index contributed by atoms with van der Waals surface area (Å²) >= 11 is 3.48. The molecule has 0 saturated heterocycles. The first-order valence-corrected chi connectivity index (χ1v) is 11.7. The number of thioether (sulfide) groups is 2. The Balaban J connectivity index is 1.65. The van der Waals surface area contributed by atoms with E-state index in [4.69, 9.17) is 4.98 Å². The van der Waals surface area contributed by atoms with Crippen LogP contribution in [0, 0.1) is 11.3 Å². The van der Waals surface area contributed by atoms with E-state index in [1.54, 1.807) is 11.8 Å². The highest BCUT2D eigenvalue weighted by molar-refractivity contribution is 8.03. The molecule has 4 aromatic rings. The van der Waals surface area contributed by atoms with E-state index in [0.29, 0.717) is 5.56 Å². The molecule has 0 saturated carbocycles. The van der Waals surface area contributed by atoms with Crippen molar-refractivity contribution in [2.24, 2.45) is 0 Å². The maximum Gasteiger partial charge on any atom is 0.115 e. The highest BCUT2D eigenvalue weighted by atomic mass is 32.2. The Hall–Kier alpha value is -3.00. The van der Waals surface area contributed by atoms with E-state index in [9.17, 15) is 5.26 Å². The van der Waals surface area contributed by atoms with Crippen LogP contribution in [0.5, 0.6) is 0 Å². The number of hydrogen-bond donors (Lipinski definition) is 0. The van der Waals surface area contributed by atoms with Gasteiger partial charge in [0.2, 0.25) is 0 Å². The van der Waals surface area contributed by atoms with Crippen molar-refractivity contribution in [1.29, 1.82) is 5.26 Å². The average molecular weight is 425 g/mol. The van der Waals surface area contributed by atoms with Gasteiger partial charge in [-0.15, -0.1) is 23.5 Å². The van der Waals surface area contributed by atoms with Crippen LogP contribution < -0.4 is 0 Å². The summed E-state index contributed by atoms with van der Waals surface area (Å²) in [5.41, 5.74) is 4.57. The van der Waals surface area contributed by atoms with Crippen LogP contribution in [-0.2, 0) is 0 Å². The van der Waals surface area contributed by atoms with E-state index in [-0.39, 0.29) is 0 Å². The van der Waals surface area contributed by atoms with E-state index >= 15 is 0 Å². The molecule has 2 nitrogen and oxygen atoms in total. The minimum absolute atomic E-state index is 0.649. The third-order valence-electron chi connectivity index (χ3n) is 4.59. The Labute approximate surface area is 186 Å². The largest absolute Gasteiger partial charge is 0.240 e. The molecule has 0 aliphatic rings. The number of hydrogen-bond acceptors (Lipinski definition) is 4. The van der Waals surface area contributed by atoms with Gasteiger partial charge in [-0.25, -0.2) is 4.98 Å². The molecular formula is C26H20N2S2. The molecule has 4 rings (SSSR count). The first-order valence-electron chi connectivity index (χ1n) is 9.72. The molecule has 0 radical (unpaired) electrons. The molecule has 4 heteroatoms. The Morgan fingerprint density at radius 1 is 0.700 bits per heavy atom. The van der Waals surface area contributed by atoms with Gasteiger partial charge in [-0.3, -0.25) is 0 Å². The summed E-state index contributed by atoms with van der Waals surface area (Å²) in [6, 6.07) is 35.1. The van der Waals surface area contributed by atoms with E-state index in [2.05, 4.69) is 42.5 Å². The third kappa shape index (κ3) is 4.94. The maximum absolute atomic E-state index is 9.95. The van der Waals surface area contributed by atoms with Crippen molar-refractivity contribution in [2.45, 2.75) is 9.92 Å². The fourth-order valence-electron chi connectivity index (χ4n) is 3.15. The van der Waals surface area contributed by atoms with Crippen LogP contribution in [0.3, 0.4) is 0 Å². The Morgan fingerprint density at radius 3 is 1.90 bits per heavy atom. The predicted molar refractivity (Wildman–Crippen MR) is 128 cm³/mol. The summed E-state index contributed by atoms with van der Waals surface area (Å²) in [6.45, 7) is 0. The van der Waals surface area contributed by atoms with Crippen molar-refractivity contribution in [2.75, 3.05) is 11.5 Å². The molecular weight excluding hydrogens is 404 g/mol. The van der Waals surface area contributed by atoms with Crippen LogP contribution in [0.25, 0.3) is 22.4 Å². The summed E-state index contributed by atoms with van der Waals surface area (Å²) in [6.07, 6.45) is 0. The number of pyridine rings is 1. The normalized spacial score (nSPS) is 10.5. The second kappa shape index (κ2) is 10.2. The molecule has 0 aliphatic carbocycles. The molecule has 0 atom stereocenters. The number of benzene rings is 3. The molecule has 1 aromatic heterocycles. The average Bonchev–Trinajstić information content (AvgIpc) is 2.83. The summed E-state index contributed by atoms with van der Waals surface area (Å²) in [5, 5.41) is 10.7. The lowest BCUT2D eigenvalue weighted by Crippen LogP contribution is -1.97. The van der Waals surface area contributed by atoms with Crippen LogP contribution in [-0.4, -0.2) is 16.5 Å². The lowest BCUT2D eigenvalue weighted by Gasteiger charge is -2.12. The van der Waals surface area contributed by atoms with Crippen LogP contribution in [0.1, 0.15) is 5.56 Å². The lowest BCUT2D eigenvalue weighted by atomic mass is 9.99. The minimum Gasteiger partial charge on any atom is -0.240 e. The molecule has 0 aliphatic heterocycles. The molecule has 0 spiro atoms. The molecule has 0 N–H and O–H groups in total. The summed E-state index contributed by atoms with van der Waals surface area (Å²) in [7, 11) is 0. The van der Waals surface area contributed by atoms with Crippen LogP contribution in [0.15, 0.2) is 107 Å². The summed E-state index contributed by atoms with van der Waals surface area (Å²) in [5.74, 6) is 1.84. The lowest BCUT2D eigenvalue weighted by molar-refractivity contribution is 1.12. The smallest absolute Gasteiger partial charge is 0.115 e. The molecule has 30 heavy (non-hydrogen) atoms. The van der Waals surface area contributed by atoms with Gasteiger partial charge in [0.1, 0.15) is 11.1 Å². The number of nitriles is 1. The molecule has 1 heterocycles. The van der Waals surface area contributed by atoms with Gasteiger partial charge in [-0.05, 0) is 23.8 Å². The first kappa shape index (κ1) is 20.3. The second-order valence-corrected chi connectivity index (χ2v) is 8.84. The van der Waals surface area contributed by atoms with Crippen molar-refractivity contribution >= 4 is 23.5 Å². The number of nitrogens with zero attached hydrogens (tertiary/aromatic N) is 2. The van der Waals surface area contributed by atoms with Gasteiger partial charge in [0.25, 0.3) is 0 Å². The molecule has 146 valence electrons. The number of rotatable bonds is 7. The fourth-order valence-corrected chi connectivity index (χ4v) is 5.06. The summed E-state index contributed by atoms with van der Waals surface area (Å²) in [4.78, 5) is 6.13. The van der Waals surface area contributed by atoms with E-state index in [1.807, 2.05) is 72.4 Å². The van der Waals surface area contributed by atoms with Crippen LogP contribution in [0.4, 0.5) is 0 Å². The van der Waals surface area contributed by atoms with Gasteiger partial charge in [-0.1, -0.05) is 78.9 Å². The molecule has 0 fully saturated rings. The quantitative estimate of drug-likeness (QED) is 0.233. The van der Waals surface area contributed by atoms with Crippen molar-refractivity contribution in [3.63, 3.8) is 0 Å². The standard InChI is InChI=1S/C26H20N2S2/c27-19-24-23(20-10-4-1-5-11-20)18-25(21-12-6-2-7-13-21)28-26(24)30-17-16-29-22-14-8-3-9-15-22/h1-15,18H,16-17H2. The third-order valence-corrected chi connectivity index (χ3v) is 6.84. The monoisotopic (exact) mass is 424 g/mol. The molecule has 3 aromatic carbocycles. The van der Waals surface area contributed by atoms with Crippen LogP contribution >= 0.6 is 23.5 Å². The van der Waals surface area contributed by atoms with Gasteiger partial charge < -0.3 is 0 Å². The topological polar surface area (TPSA) is 36.7 Å². The van der Waals surface area contributed by atoms with Crippen molar-refractivity contribution in [3.05, 3.63) is 103 Å². The minimum atomic E-state index is 0.649. The summed E-state index contributed by atoms with van der Waals surface area (Å²) < 4.78 is 0. The zero-order valence-electron chi connectivity index (χ0n) is 16.4. The van der Waals surface area contributed by atoms with E-state index in [1.165, 1.54) is 4.90 Å². The van der Waals surface area contributed by atoms with E-state index in [0.717, 1.165) is 38.9 Å². The van der Waals surface area contributed by atoms with Gasteiger partial charge in [0.05, 0.1) is 11.3 Å². The fraction of sp³-hybridized carbons (Fsp3) is 0.0769. The van der Waals surface area contributed by atoms with Crippen molar-refractivity contribution in [1.82, 2.24) is 4.98 Å². The first-order chi connectivity index (χ1) is 14.8. The molecule has 0 amide bonds. The molecule has 0 unspecified atom stereocenters.